The summed E-state index contributed by atoms with van der Waals surface area (Å²) in [7, 11) is 0. The van der Waals surface area contributed by atoms with Gasteiger partial charge in [0.2, 0.25) is 5.91 Å². The van der Waals surface area contributed by atoms with Crippen molar-refractivity contribution in [2.75, 3.05) is 6.54 Å². The number of thiazole rings is 1. The first-order valence-electron chi connectivity index (χ1n) is 6.61. The van der Waals surface area contributed by atoms with Crippen LogP contribution in [0.2, 0.25) is 0 Å². The Kier molecular flexibility index (Phi) is 8.69. The van der Waals surface area contributed by atoms with E-state index in [2.05, 4.69) is 10.3 Å². The molecular formula is C15H20Cl2FN3OS. The maximum absolute atomic E-state index is 13.2. The van der Waals surface area contributed by atoms with Crippen LogP contribution in [0, 0.1) is 5.82 Å². The van der Waals surface area contributed by atoms with Gasteiger partial charge in [-0.2, -0.15) is 0 Å². The van der Waals surface area contributed by atoms with Crippen LogP contribution in [-0.2, 0) is 11.2 Å². The topological polar surface area (TPSA) is 68.0 Å². The highest BCUT2D eigenvalue weighted by atomic mass is 35.5. The Balaban J connectivity index is 0.00000242. The third-order valence-corrected chi connectivity index (χ3v) is 3.89. The summed E-state index contributed by atoms with van der Waals surface area (Å²) in [5.41, 5.74) is 6.53. The van der Waals surface area contributed by atoms with Crippen molar-refractivity contribution >= 4 is 42.1 Å². The second-order valence-electron chi connectivity index (χ2n) is 5.47. The summed E-state index contributed by atoms with van der Waals surface area (Å²) in [6, 6.07) is 6.26. The SMILES string of the molecule is CC(C)(CN)NC(=O)Cc1csc(-c2cccc(F)c2)n1.Cl.Cl. The molecule has 0 saturated heterocycles. The van der Waals surface area contributed by atoms with Crippen LogP contribution >= 0.6 is 36.2 Å². The molecule has 8 heteroatoms. The standard InChI is InChI=1S/C15H18FN3OS.2ClH/c1-15(2,9-17)19-13(20)7-12-8-21-14(18-12)10-4-3-5-11(16)6-10;;/h3-6,8H,7,9,17H2,1-2H3,(H,19,20);2*1H. The number of nitrogens with zero attached hydrogens (tertiary/aromatic N) is 1. The molecule has 0 aliphatic rings. The summed E-state index contributed by atoms with van der Waals surface area (Å²) in [6.45, 7) is 4.10. The van der Waals surface area contributed by atoms with Gasteiger partial charge in [-0.1, -0.05) is 12.1 Å². The lowest BCUT2D eigenvalue weighted by Gasteiger charge is -2.23. The van der Waals surface area contributed by atoms with Gasteiger partial charge in [-0.15, -0.1) is 36.2 Å². The minimum absolute atomic E-state index is 0. The van der Waals surface area contributed by atoms with Crippen LogP contribution in [0.1, 0.15) is 19.5 Å². The van der Waals surface area contributed by atoms with E-state index in [0.717, 1.165) is 0 Å². The zero-order valence-electron chi connectivity index (χ0n) is 12.8. The molecule has 2 aromatic rings. The number of carbonyl (C=O) groups excluding carboxylic acids is 1. The zero-order chi connectivity index (χ0) is 15.5. The van der Waals surface area contributed by atoms with E-state index in [9.17, 15) is 9.18 Å². The van der Waals surface area contributed by atoms with Gasteiger partial charge in [0, 0.05) is 23.0 Å². The summed E-state index contributed by atoms with van der Waals surface area (Å²) in [5, 5.41) is 5.37. The highest BCUT2D eigenvalue weighted by Crippen LogP contribution is 2.24. The molecule has 128 valence electrons. The van der Waals surface area contributed by atoms with E-state index in [1.165, 1.54) is 23.5 Å². The maximum Gasteiger partial charge on any atom is 0.226 e. The fraction of sp³-hybridized carbons (Fsp3) is 0.333. The number of rotatable bonds is 5. The molecule has 0 unspecified atom stereocenters. The molecule has 1 aromatic heterocycles. The monoisotopic (exact) mass is 379 g/mol. The van der Waals surface area contributed by atoms with Crippen LogP contribution in [0.4, 0.5) is 4.39 Å². The second kappa shape index (κ2) is 9.17. The van der Waals surface area contributed by atoms with E-state index in [0.29, 0.717) is 22.8 Å². The Labute approximate surface area is 151 Å². The van der Waals surface area contributed by atoms with Crippen LogP contribution in [0.25, 0.3) is 10.6 Å². The highest BCUT2D eigenvalue weighted by Gasteiger charge is 2.19. The van der Waals surface area contributed by atoms with Crippen LogP contribution in [-0.4, -0.2) is 23.0 Å². The summed E-state index contributed by atoms with van der Waals surface area (Å²) in [6.07, 6.45) is 0.190. The third-order valence-electron chi connectivity index (χ3n) is 2.95. The van der Waals surface area contributed by atoms with Gasteiger partial charge >= 0.3 is 0 Å². The highest BCUT2D eigenvalue weighted by molar-refractivity contribution is 7.13. The molecular weight excluding hydrogens is 360 g/mol. The predicted octanol–water partition coefficient (Wildman–Crippen LogP) is 3.19. The minimum Gasteiger partial charge on any atom is -0.350 e. The Hall–Kier alpha value is -1.21. The minimum atomic E-state index is -0.432. The molecule has 4 nitrogen and oxygen atoms in total. The largest absolute Gasteiger partial charge is 0.350 e. The number of benzene rings is 1. The van der Waals surface area contributed by atoms with Gasteiger partial charge in [0.15, 0.2) is 0 Å². The Morgan fingerprint density at radius 2 is 2.09 bits per heavy atom. The van der Waals surface area contributed by atoms with E-state index in [1.807, 2.05) is 19.2 Å². The van der Waals surface area contributed by atoms with Gasteiger partial charge in [-0.3, -0.25) is 4.79 Å². The fourth-order valence-corrected chi connectivity index (χ4v) is 2.60. The van der Waals surface area contributed by atoms with E-state index >= 15 is 0 Å². The van der Waals surface area contributed by atoms with Gasteiger partial charge in [-0.05, 0) is 26.0 Å². The molecule has 0 radical (unpaired) electrons. The Morgan fingerprint density at radius 1 is 1.39 bits per heavy atom. The predicted molar refractivity (Wildman–Crippen MR) is 97.0 cm³/mol. The van der Waals surface area contributed by atoms with Crippen molar-refractivity contribution in [2.24, 2.45) is 5.73 Å². The smallest absolute Gasteiger partial charge is 0.226 e. The van der Waals surface area contributed by atoms with Crippen molar-refractivity contribution in [3.05, 3.63) is 41.2 Å². The molecule has 1 amide bonds. The molecule has 0 atom stereocenters. The molecule has 0 aliphatic heterocycles. The average Bonchev–Trinajstić information content (AvgIpc) is 2.86. The summed E-state index contributed by atoms with van der Waals surface area (Å²) >= 11 is 1.39. The van der Waals surface area contributed by atoms with Gasteiger partial charge in [-0.25, -0.2) is 9.37 Å². The fourth-order valence-electron chi connectivity index (χ4n) is 1.78. The van der Waals surface area contributed by atoms with Crippen molar-refractivity contribution in [3.8, 4) is 10.6 Å². The molecule has 2 rings (SSSR count). The number of amides is 1. The summed E-state index contributed by atoms with van der Waals surface area (Å²) < 4.78 is 13.2. The van der Waals surface area contributed by atoms with E-state index in [-0.39, 0.29) is 43.0 Å². The van der Waals surface area contributed by atoms with Crippen molar-refractivity contribution < 1.29 is 9.18 Å². The molecule has 3 N–H and O–H groups in total. The molecule has 0 bridgehead atoms. The number of nitrogens with two attached hydrogens (primary N) is 1. The van der Waals surface area contributed by atoms with E-state index < -0.39 is 5.54 Å². The molecule has 0 saturated carbocycles. The number of aromatic nitrogens is 1. The van der Waals surface area contributed by atoms with Crippen LogP contribution < -0.4 is 11.1 Å². The van der Waals surface area contributed by atoms with Crippen molar-refractivity contribution in [1.82, 2.24) is 10.3 Å². The van der Waals surface area contributed by atoms with Crippen LogP contribution in [0.5, 0.6) is 0 Å². The first kappa shape index (κ1) is 21.8. The van der Waals surface area contributed by atoms with Crippen molar-refractivity contribution in [1.29, 1.82) is 0 Å². The average molecular weight is 380 g/mol. The lowest BCUT2D eigenvalue weighted by atomic mass is 10.1. The Bertz CT molecular complexity index is 649. The van der Waals surface area contributed by atoms with Crippen molar-refractivity contribution in [3.63, 3.8) is 0 Å². The van der Waals surface area contributed by atoms with Crippen LogP contribution in [0.15, 0.2) is 29.6 Å². The molecule has 23 heavy (non-hydrogen) atoms. The first-order valence-corrected chi connectivity index (χ1v) is 7.49. The lowest BCUT2D eigenvalue weighted by molar-refractivity contribution is -0.121. The zero-order valence-corrected chi connectivity index (χ0v) is 15.3. The van der Waals surface area contributed by atoms with E-state index in [4.69, 9.17) is 5.73 Å². The van der Waals surface area contributed by atoms with Gasteiger partial charge in [0.05, 0.1) is 12.1 Å². The number of hydrogen-bond donors (Lipinski definition) is 2. The van der Waals surface area contributed by atoms with E-state index in [1.54, 1.807) is 12.1 Å². The number of hydrogen-bond acceptors (Lipinski definition) is 4. The van der Waals surface area contributed by atoms with Crippen molar-refractivity contribution in [2.45, 2.75) is 25.8 Å². The quantitative estimate of drug-likeness (QED) is 0.837. The summed E-state index contributed by atoms with van der Waals surface area (Å²) in [5.74, 6) is -0.423. The number of carbonyl (C=O) groups is 1. The second-order valence-corrected chi connectivity index (χ2v) is 6.33. The molecule has 0 fully saturated rings. The first-order chi connectivity index (χ1) is 9.89. The molecule has 0 spiro atoms. The van der Waals surface area contributed by atoms with Gasteiger partial charge < -0.3 is 11.1 Å². The lowest BCUT2D eigenvalue weighted by Crippen LogP contribution is -2.49. The van der Waals surface area contributed by atoms with Gasteiger partial charge in [0.1, 0.15) is 10.8 Å². The number of nitrogens with one attached hydrogen (secondary N) is 1. The molecule has 1 aromatic carbocycles. The maximum atomic E-state index is 13.2. The summed E-state index contributed by atoms with van der Waals surface area (Å²) in [4.78, 5) is 16.3. The molecule has 0 aliphatic carbocycles. The van der Waals surface area contributed by atoms with Gasteiger partial charge in [0.25, 0.3) is 0 Å². The third kappa shape index (κ3) is 6.43. The van der Waals surface area contributed by atoms with Crippen LogP contribution in [0.3, 0.4) is 0 Å². The normalized spacial score (nSPS) is 10.4. The Morgan fingerprint density at radius 3 is 2.70 bits per heavy atom. The number of halogens is 3. The molecule has 1 heterocycles.